The number of ether oxygens (including phenoxy) is 2. The molecule has 0 saturated carbocycles. The Bertz CT molecular complexity index is 1180. The summed E-state index contributed by atoms with van der Waals surface area (Å²) in [6.45, 7) is 4.00. The summed E-state index contributed by atoms with van der Waals surface area (Å²) in [6.07, 6.45) is 3.32. The number of carbonyl (C=O) groups is 3. The number of amides is 3. The number of benzene rings is 1. The second-order valence-electron chi connectivity index (χ2n) is 9.72. The summed E-state index contributed by atoms with van der Waals surface area (Å²) in [5.41, 5.74) is 3.98. The van der Waals surface area contributed by atoms with Gasteiger partial charge in [-0.15, -0.1) is 0 Å². The molecule has 4 rings (SSSR count). The Hall–Kier alpha value is -2.38. The molecule has 0 radical (unpaired) electrons. The topological polar surface area (TPSA) is 123 Å². The maximum absolute atomic E-state index is 13.2. The number of hydrogen-bond acceptors (Lipinski definition) is 8. The van der Waals surface area contributed by atoms with Gasteiger partial charge in [-0.3, -0.25) is 9.59 Å². The van der Waals surface area contributed by atoms with Crippen LogP contribution in [0.1, 0.15) is 45.1 Å². The van der Waals surface area contributed by atoms with Crippen molar-refractivity contribution in [2.75, 3.05) is 14.2 Å². The number of aromatic hydroxyl groups is 1. The fourth-order valence-corrected chi connectivity index (χ4v) is 6.55. The Balaban J connectivity index is 1.57. The van der Waals surface area contributed by atoms with Crippen molar-refractivity contribution < 1.29 is 38.6 Å². The number of methoxy groups -OCH3 is 2. The van der Waals surface area contributed by atoms with E-state index < -0.39 is 43.0 Å². The second-order valence-corrected chi connectivity index (χ2v) is 10.9. The monoisotopic (exact) mass is 623 g/mol. The van der Waals surface area contributed by atoms with Gasteiger partial charge in [0.05, 0.1) is 35.7 Å². The van der Waals surface area contributed by atoms with Crippen molar-refractivity contribution in [1.82, 2.24) is 4.90 Å². The average molecular weight is 623 g/mol. The van der Waals surface area contributed by atoms with Crippen molar-refractivity contribution in [3.8, 4) is 11.5 Å². The summed E-state index contributed by atoms with van der Waals surface area (Å²) in [5.74, 6) is -2.30. The lowest BCUT2D eigenvalue weighted by Crippen LogP contribution is -2.46. The maximum Gasteiger partial charge on any atom is 0.455 e. The van der Waals surface area contributed by atoms with E-state index >= 15 is 0 Å². The molecule has 0 spiro atoms. The summed E-state index contributed by atoms with van der Waals surface area (Å²) < 4.78 is 16.6. The summed E-state index contributed by atoms with van der Waals surface area (Å²) >= 11 is 2.07. The van der Waals surface area contributed by atoms with Crippen LogP contribution in [0.25, 0.3) is 6.08 Å². The first kappa shape index (κ1) is 27.7. The molecule has 0 aromatic heterocycles. The van der Waals surface area contributed by atoms with Gasteiger partial charge in [0.2, 0.25) is 11.8 Å². The maximum atomic E-state index is 13.2. The Morgan fingerprint density at radius 2 is 2.00 bits per heavy atom. The van der Waals surface area contributed by atoms with Crippen LogP contribution in [0.4, 0.5) is 4.79 Å². The van der Waals surface area contributed by atoms with Crippen LogP contribution < -0.4 is 4.74 Å². The standard InChI is InChI=1S/C26H31BINO8/c1-5-14(9-15-10-18(28)23(30)20(11-15)35-3)6-7-19-21-13(2)8-16-22(17(21)12-27(34)37-19)25(32)29(24(16)31)26(33)36-4/h9-11,16-17,19,22,30,34H,5-8,12H2,1-4H3/b14-9+/t16-,17+,19-,22-/m1/s1. The van der Waals surface area contributed by atoms with Crippen molar-refractivity contribution in [2.24, 2.45) is 17.8 Å². The zero-order valence-corrected chi connectivity index (χ0v) is 23.5. The molecule has 1 aromatic carbocycles. The third kappa shape index (κ3) is 5.17. The average Bonchev–Trinajstić information content (AvgIpc) is 3.12. The first-order chi connectivity index (χ1) is 17.6. The highest BCUT2D eigenvalue weighted by Crippen LogP contribution is 2.50. The van der Waals surface area contributed by atoms with E-state index in [1.54, 1.807) is 6.07 Å². The van der Waals surface area contributed by atoms with Crippen LogP contribution in [0.5, 0.6) is 11.5 Å². The van der Waals surface area contributed by atoms with Crippen LogP contribution in [0, 0.1) is 21.3 Å². The lowest BCUT2D eigenvalue weighted by molar-refractivity contribution is -0.137. The number of rotatable bonds is 6. The van der Waals surface area contributed by atoms with Gasteiger partial charge in [0.1, 0.15) is 0 Å². The second kappa shape index (κ2) is 11.2. The van der Waals surface area contributed by atoms with E-state index in [9.17, 15) is 24.5 Å². The number of carbonyl (C=O) groups excluding carboxylic acids is 3. The van der Waals surface area contributed by atoms with Crippen molar-refractivity contribution >= 4 is 53.7 Å². The quantitative estimate of drug-likeness (QED) is 0.210. The number of phenols is 1. The molecule has 2 heterocycles. The summed E-state index contributed by atoms with van der Waals surface area (Å²) in [7, 11) is 1.58. The molecule has 1 aliphatic carbocycles. The van der Waals surface area contributed by atoms with Crippen molar-refractivity contribution in [2.45, 2.75) is 52.0 Å². The minimum Gasteiger partial charge on any atom is -0.504 e. The normalized spacial score (nSPS) is 25.8. The molecule has 3 aliphatic rings. The smallest absolute Gasteiger partial charge is 0.455 e. The fourth-order valence-electron chi connectivity index (χ4n) is 5.93. The highest BCUT2D eigenvalue weighted by Gasteiger charge is 2.58. The third-order valence-corrected chi connectivity index (χ3v) is 8.46. The van der Waals surface area contributed by atoms with Crippen molar-refractivity contribution in [1.29, 1.82) is 0 Å². The summed E-state index contributed by atoms with van der Waals surface area (Å²) in [4.78, 5) is 38.8. The number of allylic oxidation sites excluding steroid dienone is 2. The predicted octanol–water partition coefficient (Wildman–Crippen LogP) is 4.16. The largest absolute Gasteiger partial charge is 0.504 e. The Labute approximate surface area is 230 Å². The molecular formula is C26H31BINO8. The van der Waals surface area contributed by atoms with Gasteiger partial charge in [0.15, 0.2) is 11.5 Å². The van der Waals surface area contributed by atoms with Crippen LogP contribution in [0.3, 0.4) is 0 Å². The molecule has 2 saturated heterocycles. The van der Waals surface area contributed by atoms with Crippen LogP contribution in [0.15, 0.2) is 28.9 Å². The molecule has 3 amide bonds. The van der Waals surface area contributed by atoms with Crippen LogP contribution >= 0.6 is 22.6 Å². The summed E-state index contributed by atoms with van der Waals surface area (Å²) in [5, 5.41) is 20.7. The van der Waals surface area contributed by atoms with Gasteiger partial charge in [0, 0.05) is 0 Å². The molecule has 9 nitrogen and oxygen atoms in total. The molecule has 0 bridgehead atoms. The van der Waals surface area contributed by atoms with Gasteiger partial charge in [-0.05, 0) is 90.7 Å². The highest BCUT2D eigenvalue weighted by atomic mass is 127. The molecular weight excluding hydrogens is 592 g/mol. The molecule has 2 N–H and O–H groups in total. The van der Waals surface area contributed by atoms with Gasteiger partial charge in [0.25, 0.3) is 0 Å². The van der Waals surface area contributed by atoms with Crippen molar-refractivity contribution in [3.05, 3.63) is 38.0 Å². The lowest BCUT2D eigenvalue weighted by Gasteiger charge is -2.42. The van der Waals surface area contributed by atoms with E-state index in [2.05, 4.69) is 40.3 Å². The number of phenolic OH excluding ortho intramolecular Hbond substituents is 1. The molecule has 0 unspecified atom stereocenters. The molecule has 198 valence electrons. The van der Waals surface area contributed by atoms with Gasteiger partial charge in [-0.2, -0.15) is 4.90 Å². The Morgan fingerprint density at radius 3 is 2.65 bits per heavy atom. The van der Waals surface area contributed by atoms with Gasteiger partial charge in [-0.1, -0.05) is 24.1 Å². The third-order valence-electron chi connectivity index (χ3n) is 7.63. The first-order valence-electron chi connectivity index (χ1n) is 12.4. The van der Waals surface area contributed by atoms with E-state index in [0.29, 0.717) is 33.5 Å². The SMILES string of the molecule is CC/C(=C\c1cc(I)c(O)c(OC)c1)CC[C@H]1OB(O)C[C@H]2C1=C(C)C[C@H]1C(=O)N(C(=O)OC)C(=O)[C@H]12. The minimum atomic E-state index is -1.07. The molecule has 37 heavy (non-hydrogen) atoms. The molecule has 11 heteroatoms. The molecule has 2 aliphatic heterocycles. The number of imide groups is 3. The number of halogens is 1. The molecule has 2 fully saturated rings. The van der Waals surface area contributed by atoms with E-state index in [0.717, 1.165) is 35.8 Å². The lowest BCUT2D eigenvalue weighted by atomic mass is 9.59. The Kier molecular flexibility index (Phi) is 8.34. The van der Waals surface area contributed by atoms with Gasteiger partial charge >= 0.3 is 13.2 Å². The van der Waals surface area contributed by atoms with E-state index in [1.807, 2.05) is 13.0 Å². The van der Waals surface area contributed by atoms with Crippen LogP contribution in [0.2, 0.25) is 6.32 Å². The Morgan fingerprint density at radius 1 is 1.27 bits per heavy atom. The predicted molar refractivity (Wildman–Crippen MR) is 145 cm³/mol. The highest BCUT2D eigenvalue weighted by molar-refractivity contribution is 14.1. The number of nitrogens with zero attached hydrogens (tertiary/aromatic N) is 1. The van der Waals surface area contributed by atoms with E-state index in [-0.39, 0.29) is 18.0 Å². The van der Waals surface area contributed by atoms with Gasteiger partial charge in [-0.25, -0.2) is 4.79 Å². The number of fused-ring (bicyclic) bond motifs is 3. The molecule has 4 atom stereocenters. The molecule has 1 aromatic rings. The van der Waals surface area contributed by atoms with Crippen LogP contribution in [-0.2, 0) is 19.0 Å². The van der Waals surface area contributed by atoms with Crippen molar-refractivity contribution in [3.63, 3.8) is 0 Å². The first-order valence-corrected chi connectivity index (χ1v) is 13.4. The zero-order chi connectivity index (χ0) is 27.0. The number of hydrogen-bond donors (Lipinski definition) is 2. The number of likely N-dealkylation sites (tertiary alicyclic amines) is 1. The van der Waals surface area contributed by atoms with Gasteiger partial charge < -0.3 is 24.3 Å². The summed E-state index contributed by atoms with van der Waals surface area (Å²) in [6, 6.07) is 3.67. The minimum absolute atomic E-state index is 0.109. The van der Waals surface area contributed by atoms with Crippen LogP contribution in [-0.4, -0.2) is 60.4 Å². The fraction of sp³-hybridized carbons (Fsp3) is 0.500. The zero-order valence-electron chi connectivity index (χ0n) is 21.3. The van der Waals surface area contributed by atoms with E-state index in [4.69, 9.17) is 9.39 Å². The van der Waals surface area contributed by atoms with E-state index in [1.165, 1.54) is 7.11 Å².